The highest BCUT2D eigenvalue weighted by Gasteiger charge is 2.35. The smallest absolute Gasteiger partial charge is 0.238 e. The van der Waals surface area contributed by atoms with Gasteiger partial charge in [0.1, 0.15) is 5.92 Å². The highest BCUT2D eigenvalue weighted by atomic mass is 16.2. The number of aliphatic imine (C=N–C) groups is 1. The zero-order valence-corrected chi connectivity index (χ0v) is 19.7. The van der Waals surface area contributed by atoms with Crippen molar-refractivity contribution in [2.75, 3.05) is 43.1 Å². The maximum Gasteiger partial charge on any atom is 0.238 e. The minimum atomic E-state index is -0.484. The minimum absolute atomic E-state index is 0.0800. The molecule has 0 aliphatic carbocycles. The highest BCUT2D eigenvalue weighted by Crippen LogP contribution is 2.37. The van der Waals surface area contributed by atoms with Crippen LogP contribution < -0.4 is 16.0 Å². The number of benzene rings is 3. The van der Waals surface area contributed by atoms with Crippen molar-refractivity contribution in [2.45, 2.75) is 24.8 Å². The van der Waals surface area contributed by atoms with Crippen molar-refractivity contribution in [1.29, 1.82) is 0 Å². The molecule has 174 valence electrons. The first kappa shape index (κ1) is 22.2. The van der Waals surface area contributed by atoms with E-state index in [2.05, 4.69) is 41.3 Å². The Morgan fingerprint density at radius 1 is 1.00 bits per heavy atom. The molecule has 0 bridgehead atoms. The summed E-state index contributed by atoms with van der Waals surface area (Å²) in [5.41, 5.74) is 12.0. The van der Waals surface area contributed by atoms with E-state index in [1.807, 2.05) is 60.7 Å². The summed E-state index contributed by atoms with van der Waals surface area (Å²) in [4.78, 5) is 22.8. The third kappa shape index (κ3) is 4.41. The van der Waals surface area contributed by atoms with E-state index in [9.17, 15) is 4.79 Å². The van der Waals surface area contributed by atoms with Crippen molar-refractivity contribution in [3.63, 3.8) is 0 Å². The Kier molecular flexibility index (Phi) is 6.07. The Bertz CT molecular complexity index is 1200. The van der Waals surface area contributed by atoms with Crippen LogP contribution in [0.1, 0.15) is 29.9 Å². The lowest BCUT2D eigenvalue weighted by molar-refractivity contribution is -0.115. The molecule has 2 aliphatic rings. The van der Waals surface area contributed by atoms with Crippen LogP contribution in [0.2, 0.25) is 0 Å². The Morgan fingerprint density at radius 2 is 1.71 bits per heavy atom. The maximum atomic E-state index is 13.0. The number of carbonyl (C=O) groups is 1. The van der Waals surface area contributed by atoms with E-state index in [0.717, 1.165) is 41.3 Å². The zero-order valence-electron chi connectivity index (χ0n) is 19.7. The van der Waals surface area contributed by atoms with Gasteiger partial charge in [-0.1, -0.05) is 36.4 Å². The van der Waals surface area contributed by atoms with Crippen molar-refractivity contribution >= 4 is 34.4 Å². The van der Waals surface area contributed by atoms with Crippen molar-refractivity contribution in [2.24, 2.45) is 4.99 Å². The summed E-state index contributed by atoms with van der Waals surface area (Å²) in [5, 5.41) is 2.98. The standard InChI is InChI=1S/C28H31N5O/c1-32(2)22-14-16-33(17-15-22)23-11-9-21(10-12-23)30-27(19-6-4-3-5-7-19)26-24-13-8-20(29)18-25(24)31-28(26)34/h3-13,18,22,26H,14-17,29H2,1-2H3,(H,31,34). The van der Waals surface area contributed by atoms with Crippen LogP contribution in [-0.2, 0) is 4.79 Å². The molecule has 2 heterocycles. The summed E-state index contributed by atoms with van der Waals surface area (Å²) in [6.45, 7) is 2.12. The lowest BCUT2D eigenvalue weighted by Gasteiger charge is -2.36. The summed E-state index contributed by atoms with van der Waals surface area (Å²) in [7, 11) is 4.32. The van der Waals surface area contributed by atoms with E-state index < -0.39 is 5.92 Å². The van der Waals surface area contributed by atoms with Crippen LogP contribution in [0.15, 0.2) is 77.8 Å². The molecule has 3 aromatic rings. The van der Waals surface area contributed by atoms with Gasteiger partial charge in [-0.25, -0.2) is 0 Å². The molecule has 0 saturated carbocycles. The number of piperidine rings is 1. The number of nitrogens with two attached hydrogens (primary N) is 1. The zero-order chi connectivity index (χ0) is 23.7. The van der Waals surface area contributed by atoms with E-state index in [4.69, 9.17) is 10.7 Å². The van der Waals surface area contributed by atoms with Gasteiger partial charge in [0.15, 0.2) is 0 Å². The SMILES string of the molecule is CN(C)C1CCN(c2ccc(N=C(c3ccccc3)C3C(=O)Nc4cc(N)ccc43)cc2)CC1. The molecule has 1 amide bonds. The number of hydrogen-bond donors (Lipinski definition) is 2. The van der Waals surface area contributed by atoms with Crippen molar-refractivity contribution in [3.05, 3.63) is 83.9 Å². The number of nitrogens with zero attached hydrogens (tertiary/aromatic N) is 3. The average molecular weight is 454 g/mol. The van der Waals surface area contributed by atoms with Gasteiger partial charge >= 0.3 is 0 Å². The molecule has 5 rings (SSSR count). The molecule has 0 spiro atoms. The molecule has 1 atom stereocenters. The van der Waals surface area contributed by atoms with E-state index in [1.54, 1.807) is 0 Å². The molecule has 6 heteroatoms. The fourth-order valence-electron chi connectivity index (χ4n) is 4.97. The highest BCUT2D eigenvalue weighted by molar-refractivity contribution is 6.24. The van der Waals surface area contributed by atoms with Crippen LogP contribution in [0.4, 0.5) is 22.7 Å². The van der Waals surface area contributed by atoms with Gasteiger partial charge in [0.25, 0.3) is 0 Å². The normalized spacial score (nSPS) is 18.8. The predicted octanol–water partition coefficient (Wildman–Crippen LogP) is 4.66. The molecular formula is C28H31N5O. The first-order valence-electron chi connectivity index (χ1n) is 11.9. The van der Waals surface area contributed by atoms with Crippen LogP contribution in [0.3, 0.4) is 0 Å². The van der Waals surface area contributed by atoms with Crippen LogP contribution >= 0.6 is 0 Å². The predicted molar refractivity (Wildman–Crippen MR) is 140 cm³/mol. The maximum absolute atomic E-state index is 13.0. The largest absolute Gasteiger partial charge is 0.399 e. The second-order valence-corrected chi connectivity index (χ2v) is 9.33. The molecule has 0 aromatic heterocycles. The number of nitrogen functional groups attached to an aromatic ring is 1. The summed E-state index contributed by atoms with van der Waals surface area (Å²) in [6, 6.07) is 24.5. The third-order valence-electron chi connectivity index (χ3n) is 6.91. The first-order valence-corrected chi connectivity index (χ1v) is 11.9. The summed E-state index contributed by atoms with van der Waals surface area (Å²) < 4.78 is 0. The average Bonchev–Trinajstić information content (AvgIpc) is 3.18. The van der Waals surface area contributed by atoms with Gasteiger partial charge in [0.05, 0.1) is 11.4 Å². The number of anilines is 3. The van der Waals surface area contributed by atoms with Gasteiger partial charge in [0, 0.05) is 36.2 Å². The van der Waals surface area contributed by atoms with Crippen LogP contribution in [0.5, 0.6) is 0 Å². The summed E-state index contributed by atoms with van der Waals surface area (Å²) in [6.07, 6.45) is 2.34. The topological polar surface area (TPSA) is 74.0 Å². The molecule has 1 saturated heterocycles. The van der Waals surface area contributed by atoms with Gasteiger partial charge < -0.3 is 20.9 Å². The lowest BCUT2D eigenvalue weighted by atomic mass is 9.90. The number of carbonyl (C=O) groups excluding carboxylic acids is 1. The number of amides is 1. The molecular weight excluding hydrogens is 422 g/mol. The Labute approximate surface area is 201 Å². The lowest BCUT2D eigenvalue weighted by Crippen LogP contribution is -2.41. The van der Waals surface area contributed by atoms with Gasteiger partial charge in [-0.3, -0.25) is 9.79 Å². The monoisotopic (exact) mass is 453 g/mol. The number of rotatable bonds is 5. The van der Waals surface area contributed by atoms with Crippen molar-refractivity contribution in [1.82, 2.24) is 4.90 Å². The van der Waals surface area contributed by atoms with Crippen LogP contribution in [0.25, 0.3) is 0 Å². The number of fused-ring (bicyclic) bond motifs is 1. The molecule has 6 nitrogen and oxygen atoms in total. The number of hydrogen-bond acceptors (Lipinski definition) is 5. The molecule has 0 radical (unpaired) electrons. The fraction of sp³-hybridized carbons (Fsp3) is 0.286. The van der Waals surface area contributed by atoms with Gasteiger partial charge in [0.2, 0.25) is 5.91 Å². The molecule has 3 aromatic carbocycles. The molecule has 1 fully saturated rings. The minimum Gasteiger partial charge on any atom is -0.399 e. The van der Waals surface area contributed by atoms with E-state index in [0.29, 0.717) is 11.7 Å². The molecule has 34 heavy (non-hydrogen) atoms. The van der Waals surface area contributed by atoms with Gasteiger partial charge in [-0.15, -0.1) is 0 Å². The van der Waals surface area contributed by atoms with Gasteiger partial charge in [-0.2, -0.15) is 0 Å². The Balaban J connectivity index is 1.45. The Morgan fingerprint density at radius 3 is 2.38 bits per heavy atom. The molecule has 3 N–H and O–H groups in total. The van der Waals surface area contributed by atoms with Crippen LogP contribution in [-0.4, -0.2) is 49.7 Å². The van der Waals surface area contributed by atoms with Crippen LogP contribution in [0, 0.1) is 0 Å². The van der Waals surface area contributed by atoms with E-state index in [-0.39, 0.29) is 5.91 Å². The summed E-state index contributed by atoms with van der Waals surface area (Å²) in [5.74, 6) is -0.564. The van der Waals surface area contributed by atoms with E-state index in [1.165, 1.54) is 18.5 Å². The molecule has 2 aliphatic heterocycles. The molecule has 1 unspecified atom stereocenters. The second kappa shape index (κ2) is 9.31. The van der Waals surface area contributed by atoms with Crippen molar-refractivity contribution < 1.29 is 4.79 Å². The quantitative estimate of drug-likeness (QED) is 0.435. The second-order valence-electron chi connectivity index (χ2n) is 9.33. The van der Waals surface area contributed by atoms with E-state index >= 15 is 0 Å². The number of nitrogens with one attached hydrogen (secondary N) is 1. The Hall–Kier alpha value is -3.64. The van der Waals surface area contributed by atoms with Gasteiger partial charge in [-0.05, 0) is 74.5 Å². The van der Waals surface area contributed by atoms with Crippen molar-refractivity contribution in [3.8, 4) is 0 Å². The first-order chi connectivity index (χ1) is 16.5. The summed E-state index contributed by atoms with van der Waals surface area (Å²) >= 11 is 0. The fourth-order valence-corrected chi connectivity index (χ4v) is 4.97. The third-order valence-corrected chi connectivity index (χ3v) is 6.91.